The van der Waals surface area contributed by atoms with Gasteiger partial charge < -0.3 is 5.73 Å². The zero-order valence-corrected chi connectivity index (χ0v) is 11.8. The van der Waals surface area contributed by atoms with Crippen LogP contribution in [0.1, 0.15) is 64.7 Å². The molecule has 0 bridgehead atoms. The highest BCUT2D eigenvalue weighted by Crippen LogP contribution is 2.38. The van der Waals surface area contributed by atoms with E-state index in [1.165, 1.54) is 57.8 Å². The van der Waals surface area contributed by atoms with Crippen LogP contribution < -0.4 is 5.73 Å². The van der Waals surface area contributed by atoms with Crippen molar-refractivity contribution in [2.75, 3.05) is 13.6 Å². The molecule has 100 valence electrons. The fourth-order valence-corrected chi connectivity index (χ4v) is 3.73. The van der Waals surface area contributed by atoms with Gasteiger partial charge in [0.2, 0.25) is 0 Å². The van der Waals surface area contributed by atoms with Crippen LogP contribution in [0.15, 0.2) is 0 Å². The van der Waals surface area contributed by atoms with Crippen LogP contribution in [-0.2, 0) is 0 Å². The second kappa shape index (κ2) is 5.71. The van der Waals surface area contributed by atoms with Gasteiger partial charge in [0.15, 0.2) is 0 Å². The summed E-state index contributed by atoms with van der Waals surface area (Å²) < 4.78 is 0. The summed E-state index contributed by atoms with van der Waals surface area (Å²) in [6, 6.07) is 0.830. The van der Waals surface area contributed by atoms with Crippen molar-refractivity contribution in [2.45, 2.75) is 76.3 Å². The quantitative estimate of drug-likeness (QED) is 0.762. The van der Waals surface area contributed by atoms with Crippen molar-refractivity contribution >= 4 is 0 Å². The first-order valence-electron chi connectivity index (χ1n) is 7.65. The average Bonchev–Trinajstić information content (AvgIpc) is 2.49. The lowest BCUT2D eigenvalue weighted by molar-refractivity contribution is 0.0265. The second-order valence-electron chi connectivity index (χ2n) is 6.33. The molecule has 0 spiro atoms. The largest absolute Gasteiger partial charge is 0.329 e. The third kappa shape index (κ3) is 2.68. The first kappa shape index (κ1) is 13.4. The lowest BCUT2D eigenvalue weighted by Crippen LogP contribution is -2.57. The molecule has 2 N–H and O–H groups in total. The molecule has 2 unspecified atom stereocenters. The van der Waals surface area contributed by atoms with Crippen molar-refractivity contribution < 1.29 is 0 Å². The maximum atomic E-state index is 6.17. The molecule has 0 aromatic rings. The van der Waals surface area contributed by atoms with E-state index < -0.39 is 0 Å². The number of nitrogens with zero attached hydrogens (tertiary/aromatic N) is 1. The van der Waals surface area contributed by atoms with Crippen LogP contribution in [0.2, 0.25) is 0 Å². The predicted octanol–water partition coefficient (Wildman–Crippen LogP) is 3.16. The van der Waals surface area contributed by atoms with Gasteiger partial charge >= 0.3 is 0 Å². The van der Waals surface area contributed by atoms with E-state index in [9.17, 15) is 0 Å². The first-order chi connectivity index (χ1) is 8.22. The highest BCUT2D eigenvalue weighted by molar-refractivity contribution is 4.97. The third-order valence-electron chi connectivity index (χ3n) is 5.60. The van der Waals surface area contributed by atoms with Crippen molar-refractivity contribution in [3.05, 3.63) is 0 Å². The molecular weight excluding hydrogens is 208 g/mol. The highest BCUT2D eigenvalue weighted by atomic mass is 15.2. The number of hydrogen-bond donors (Lipinski definition) is 1. The van der Waals surface area contributed by atoms with Crippen LogP contribution in [0.25, 0.3) is 0 Å². The molecule has 2 saturated carbocycles. The fourth-order valence-electron chi connectivity index (χ4n) is 3.73. The monoisotopic (exact) mass is 238 g/mol. The number of rotatable bonds is 4. The van der Waals surface area contributed by atoms with Crippen molar-refractivity contribution in [3.8, 4) is 0 Å². The summed E-state index contributed by atoms with van der Waals surface area (Å²) >= 11 is 0. The highest BCUT2D eigenvalue weighted by Gasteiger charge is 2.39. The van der Waals surface area contributed by atoms with Gasteiger partial charge in [-0.1, -0.05) is 32.6 Å². The van der Waals surface area contributed by atoms with Crippen LogP contribution in [0.4, 0.5) is 0 Å². The summed E-state index contributed by atoms with van der Waals surface area (Å²) in [4.78, 5) is 2.66. The van der Waals surface area contributed by atoms with E-state index >= 15 is 0 Å². The molecule has 0 heterocycles. The first-order valence-corrected chi connectivity index (χ1v) is 7.65. The third-order valence-corrected chi connectivity index (χ3v) is 5.60. The van der Waals surface area contributed by atoms with Gasteiger partial charge in [0.05, 0.1) is 0 Å². The summed E-state index contributed by atoms with van der Waals surface area (Å²) in [5.74, 6) is 0.957. The Balaban J connectivity index is 2.01. The predicted molar refractivity (Wildman–Crippen MR) is 74.1 cm³/mol. The van der Waals surface area contributed by atoms with Gasteiger partial charge in [-0.2, -0.15) is 0 Å². The topological polar surface area (TPSA) is 29.3 Å². The molecule has 0 radical (unpaired) electrons. The Morgan fingerprint density at radius 1 is 1.12 bits per heavy atom. The van der Waals surface area contributed by atoms with Crippen LogP contribution in [0.5, 0.6) is 0 Å². The minimum absolute atomic E-state index is 0.328. The summed E-state index contributed by atoms with van der Waals surface area (Å²) in [7, 11) is 2.34. The molecule has 2 heteroatoms. The molecule has 2 aliphatic carbocycles. The van der Waals surface area contributed by atoms with Crippen molar-refractivity contribution in [1.82, 2.24) is 4.90 Å². The Morgan fingerprint density at radius 3 is 2.41 bits per heavy atom. The molecule has 0 aromatic carbocycles. The Morgan fingerprint density at radius 2 is 1.88 bits per heavy atom. The Bertz CT molecular complexity index is 237. The molecule has 0 amide bonds. The van der Waals surface area contributed by atoms with E-state index in [0.717, 1.165) is 18.5 Å². The summed E-state index contributed by atoms with van der Waals surface area (Å²) in [5, 5.41) is 0. The summed E-state index contributed by atoms with van der Waals surface area (Å²) in [6.45, 7) is 3.20. The maximum Gasteiger partial charge on any atom is 0.0331 e. The average molecular weight is 238 g/mol. The number of nitrogens with two attached hydrogens (primary N) is 1. The number of hydrogen-bond acceptors (Lipinski definition) is 2. The van der Waals surface area contributed by atoms with E-state index in [1.54, 1.807) is 0 Å². The molecular formula is C15H30N2. The molecule has 0 saturated heterocycles. The van der Waals surface area contributed by atoms with Crippen LogP contribution in [0.3, 0.4) is 0 Å². The van der Waals surface area contributed by atoms with Crippen molar-refractivity contribution in [2.24, 2.45) is 11.7 Å². The lowest BCUT2D eigenvalue weighted by Gasteiger charge is -2.48. The summed E-state index contributed by atoms with van der Waals surface area (Å²) in [5.41, 5.74) is 6.50. The van der Waals surface area contributed by atoms with Crippen LogP contribution in [-0.4, -0.2) is 30.1 Å². The van der Waals surface area contributed by atoms with E-state index in [2.05, 4.69) is 18.9 Å². The van der Waals surface area contributed by atoms with Gasteiger partial charge in [-0.3, -0.25) is 4.90 Å². The second-order valence-corrected chi connectivity index (χ2v) is 6.33. The van der Waals surface area contributed by atoms with Gasteiger partial charge in [-0.15, -0.1) is 0 Å². The normalized spacial score (nSPS) is 35.6. The van der Waals surface area contributed by atoms with Crippen molar-refractivity contribution in [1.29, 1.82) is 0 Å². The summed E-state index contributed by atoms with van der Waals surface area (Å²) in [6.07, 6.45) is 12.4. The maximum absolute atomic E-state index is 6.17. The standard InChI is InChI=1S/C15H30N2/c1-3-13-6-5-10-15(12-16,11-9-13)17(2)14-7-4-8-14/h13-14H,3-12,16H2,1-2H3. The number of likely N-dealkylation sites (N-methyl/N-ethyl adjacent to an activating group) is 1. The van der Waals surface area contributed by atoms with Gasteiger partial charge in [-0.25, -0.2) is 0 Å². The molecule has 2 fully saturated rings. The lowest BCUT2D eigenvalue weighted by atomic mass is 9.82. The van der Waals surface area contributed by atoms with E-state index in [-0.39, 0.29) is 0 Å². The molecule has 2 aliphatic rings. The molecule has 2 nitrogen and oxygen atoms in total. The zero-order valence-electron chi connectivity index (χ0n) is 11.8. The minimum atomic E-state index is 0.328. The van der Waals surface area contributed by atoms with Crippen LogP contribution >= 0.6 is 0 Å². The van der Waals surface area contributed by atoms with Crippen molar-refractivity contribution in [3.63, 3.8) is 0 Å². The smallest absolute Gasteiger partial charge is 0.0331 e. The molecule has 0 aromatic heterocycles. The van der Waals surface area contributed by atoms with Crippen LogP contribution in [0, 0.1) is 5.92 Å². The van der Waals surface area contributed by atoms with Gasteiger partial charge in [0, 0.05) is 18.1 Å². The SMILES string of the molecule is CCC1CCCC(CN)(N(C)C2CCC2)CC1. The molecule has 17 heavy (non-hydrogen) atoms. The molecule has 0 aliphatic heterocycles. The Hall–Kier alpha value is -0.0800. The van der Waals surface area contributed by atoms with Gasteiger partial charge in [0.1, 0.15) is 0 Å². The molecule has 2 atom stereocenters. The van der Waals surface area contributed by atoms with E-state index in [1.807, 2.05) is 0 Å². The Kier molecular flexibility index (Phi) is 4.48. The zero-order chi connectivity index (χ0) is 12.3. The minimum Gasteiger partial charge on any atom is -0.329 e. The molecule has 2 rings (SSSR count). The Labute approximate surface area is 107 Å². The van der Waals surface area contributed by atoms with E-state index in [4.69, 9.17) is 5.73 Å². The van der Waals surface area contributed by atoms with Gasteiger partial charge in [-0.05, 0) is 45.1 Å². The van der Waals surface area contributed by atoms with E-state index in [0.29, 0.717) is 5.54 Å². The fraction of sp³-hybridized carbons (Fsp3) is 1.00. The van der Waals surface area contributed by atoms with Gasteiger partial charge in [0.25, 0.3) is 0 Å².